The molecule has 6 aromatic carbocycles. The molecular weight excluding hydrogens is 1010 g/mol. The highest BCUT2D eigenvalue weighted by molar-refractivity contribution is 6.33. The fourth-order valence-corrected chi connectivity index (χ4v) is 12.0. The number of benzene rings is 6. The molecule has 2 N–H and O–H groups in total. The van der Waals surface area contributed by atoms with E-state index in [1.165, 1.54) is 11.1 Å². The number of rotatable bonds is 20. The lowest BCUT2D eigenvalue weighted by atomic mass is 9.93. The first-order valence-electron chi connectivity index (χ1n) is 27.9. The van der Waals surface area contributed by atoms with Crippen molar-refractivity contribution in [3.8, 4) is 22.3 Å². The highest BCUT2D eigenvalue weighted by Gasteiger charge is 2.31. The summed E-state index contributed by atoms with van der Waals surface area (Å²) in [5, 5.41) is 1.49. The second-order valence-corrected chi connectivity index (χ2v) is 22.1. The number of methoxy groups -OCH3 is 2. The molecule has 2 aliphatic rings. The average Bonchev–Trinajstić information content (AvgIpc) is 4.03. The summed E-state index contributed by atoms with van der Waals surface area (Å²) in [5.41, 5.74) is 17.4. The Morgan fingerprint density at radius 3 is 1.46 bits per heavy atom. The number of imidazole rings is 2. The Bertz CT molecular complexity index is 3010. The summed E-state index contributed by atoms with van der Waals surface area (Å²) in [6.07, 6.45) is 8.36. The van der Waals surface area contributed by atoms with E-state index in [9.17, 15) is 9.59 Å². The maximum absolute atomic E-state index is 13.4. The second kappa shape index (κ2) is 27.5. The van der Waals surface area contributed by atoms with Crippen molar-refractivity contribution in [2.24, 2.45) is 11.7 Å². The van der Waals surface area contributed by atoms with E-state index in [1.807, 2.05) is 65.6 Å². The number of nitrogens with two attached hydrogens (primary N) is 1. The summed E-state index contributed by atoms with van der Waals surface area (Å²) in [4.78, 5) is 40.8. The number of para-hydroxylation sites is 4. The highest BCUT2D eigenvalue weighted by atomic mass is 35.5. The van der Waals surface area contributed by atoms with Crippen LogP contribution in [0.4, 0.5) is 0 Å². The average molecular weight is 1090 g/mol. The smallest absolute Gasteiger partial charge is 0.224 e. The Morgan fingerprint density at radius 2 is 1.00 bits per heavy atom. The van der Waals surface area contributed by atoms with E-state index in [0.29, 0.717) is 32.4 Å². The maximum atomic E-state index is 13.4. The van der Waals surface area contributed by atoms with Crippen LogP contribution in [0.25, 0.3) is 44.3 Å². The normalized spacial score (nSPS) is 16.5. The van der Waals surface area contributed by atoms with Crippen LogP contribution in [-0.2, 0) is 45.0 Å². The number of amides is 2. The third-order valence-electron chi connectivity index (χ3n) is 15.4. The van der Waals surface area contributed by atoms with Gasteiger partial charge in [-0.15, -0.1) is 0 Å². The van der Waals surface area contributed by atoms with Crippen LogP contribution in [0.15, 0.2) is 146 Å². The minimum atomic E-state index is -0.234. The molecule has 0 saturated carbocycles. The van der Waals surface area contributed by atoms with Crippen molar-refractivity contribution in [2.45, 2.75) is 102 Å². The molecule has 0 bridgehead atoms. The van der Waals surface area contributed by atoms with Crippen LogP contribution in [0.2, 0.25) is 10.0 Å². The standard InChI is InChI=1S/C33H38ClN3O2.C32H37ClN4O2/c1-24(21-25-14-16-26(17-15-25)28-10-3-4-11-29(28)34)22-32(38)36-18-7-9-27(23-36)33-35-30-12-5-6-13-31(30)37(33)19-8-20-39-2;1-39-19-7-18-37-30-12-5-4-11-29(30)35-32(37)25-8-6-17-36(22-25)31(38)21-26(34)20-23-13-15-24(16-14-23)27-9-2-3-10-28(27)33/h3-6,10-17,24,27H,7-9,18-23H2,1-2H3;2-5,9-16,25-26H,6-8,17-22,34H2,1H3/t24-,27-;25-,26-/m11/s1. The molecule has 2 fully saturated rings. The Hall–Kier alpha value is -6.34. The molecule has 78 heavy (non-hydrogen) atoms. The molecule has 2 amide bonds. The van der Waals surface area contributed by atoms with Crippen molar-refractivity contribution < 1.29 is 19.1 Å². The van der Waals surface area contributed by atoms with Gasteiger partial charge in [-0.1, -0.05) is 139 Å². The SMILES string of the molecule is COCCCn1c([C@@H]2CCCN(C(=O)C[C@H](C)Cc3ccc(-c4ccccc4Cl)cc3)C2)nc2ccccc21.COCCCn1c([C@@H]2CCCN(C(=O)C[C@H](N)Cc3ccc(-c4ccccc4Cl)cc3)C2)nc2ccccc21. The first kappa shape index (κ1) is 56.4. The third-order valence-corrected chi connectivity index (χ3v) is 16.1. The van der Waals surface area contributed by atoms with Crippen LogP contribution in [0.5, 0.6) is 0 Å². The molecular formula is C65H75Cl2N7O4. The van der Waals surface area contributed by atoms with E-state index < -0.39 is 0 Å². The number of nitrogens with zero attached hydrogens (tertiary/aromatic N) is 6. The van der Waals surface area contributed by atoms with Crippen molar-refractivity contribution in [2.75, 3.05) is 53.6 Å². The lowest BCUT2D eigenvalue weighted by Crippen LogP contribution is -2.42. The largest absolute Gasteiger partial charge is 0.385 e. The van der Waals surface area contributed by atoms with Gasteiger partial charge in [0.25, 0.3) is 0 Å². The van der Waals surface area contributed by atoms with Crippen LogP contribution in [-0.4, -0.2) is 100 Å². The van der Waals surface area contributed by atoms with Crippen LogP contribution < -0.4 is 5.73 Å². The van der Waals surface area contributed by atoms with E-state index in [1.54, 1.807) is 14.2 Å². The molecule has 11 nitrogen and oxygen atoms in total. The Balaban J connectivity index is 0.000000190. The molecule has 4 heterocycles. The topological polar surface area (TPSA) is 121 Å². The van der Waals surface area contributed by atoms with E-state index in [4.69, 9.17) is 48.4 Å². The predicted molar refractivity (Wildman–Crippen MR) is 317 cm³/mol. The zero-order chi connectivity index (χ0) is 54.4. The van der Waals surface area contributed by atoms with Gasteiger partial charge < -0.3 is 34.1 Å². The monoisotopic (exact) mass is 1090 g/mol. The number of fused-ring (bicyclic) bond motifs is 2. The van der Waals surface area contributed by atoms with Gasteiger partial charge in [0, 0.05) is 119 Å². The Kier molecular flexibility index (Phi) is 19.9. The summed E-state index contributed by atoms with van der Waals surface area (Å²) in [6, 6.07) is 49.0. The molecule has 2 saturated heterocycles. The number of piperidine rings is 2. The van der Waals surface area contributed by atoms with Crippen LogP contribution >= 0.6 is 23.2 Å². The van der Waals surface area contributed by atoms with Crippen molar-refractivity contribution in [1.29, 1.82) is 0 Å². The summed E-state index contributed by atoms with van der Waals surface area (Å²) < 4.78 is 15.3. The number of hydrogen-bond acceptors (Lipinski definition) is 7. The second-order valence-electron chi connectivity index (χ2n) is 21.3. The Labute approximate surface area is 470 Å². The van der Waals surface area contributed by atoms with Gasteiger partial charge in [-0.2, -0.15) is 0 Å². The molecule has 0 unspecified atom stereocenters. The number of aryl methyl sites for hydroxylation is 2. The van der Waals surface area contributed by atoms with Crippen LogP contribution in [0, 0.1) is 5.92 Å². The first-order valence-corrected chi connectivity index (χ1v) is 28.7. The van der Waals surface area contributed by atoms with Crippen LogP contribution in [0.1, 0.15) is 92.9 Å². The highest BCUT2D eigenvalue weighted by Crippen LogP contribution is 2.34. The van der Waals surface area contributed by atoms with Gasteiger partial charge in [-0.25, -0.2) is 9.97 Å². The quantitative estimate of drug-likeness (QED) is 0.0755. The number of carbonyl (C=O) groups is 2. The number of aromatic nitrogens is 4. The maximum Gasteiger partial charge on any atom is 0.224 e. The fraction of sp³-hybridized carbons (Fsp3) is 0.385. The van der Waals surface area contributed by atoms with Gasteiger partial charge >= 0.3 is 0 Å². The van der Waals surface area contributed by atoms with Crippen molar-refractivity contribution in [3.63, 3.8) is 0 Å². The third kappa shape index (κ3) is 14.3. The van der Waals surface area contributed by atoms with Crippen molar-refractivity contribution in [3.05, 3.63) is 178 Å². The first-order chi connectivity index (χ1) is 38.1. The lowest BCUT2D eigenvalue weighted by Gasteiger charge is -2.33. The van der Waals surface area contributed by atoms with E-state index >= 15 is 0 Å². The summed E-state index contributed by atoms with van der Waals surface area (Å²) >= 11 is 12.7. The zero-order valence-electron chi connectivity index (χ0n) is 45.5. The number of ether oxygens (including phenoxy) is 2. The van der Waals surface area contributed by atoms with E-state index in [2.05, 4.69) is 106 Å². The molecule has 8 aromatic rings. The molecule has 10 rings (SSSR count). The number of likely N-dealkylation sites (tertiary alicyclic amines) is 2. The molecule has 0 aliphatic carbocycles. The predicted octanol–water partition coefficient (Wildman–Crippen LogP) is 13.4. The number of carbonyl (C=O) groups excluding carboxylic acids is 2. The molecule has 0 spiro atoms. The Morgan fingerprint density at radius 1 is 0.577 bits per heavy atom. The molecule has 4 atom stereocenters. The minimum absolute atomic E-state index is 0.127. The van der Waals surface area contributed by atoms with Gasteiger partial charge in [0.1, 0.15) is 11.6 Å². The minimum Gasteiger partial charge on any atom is -0.385 e. The molecule has 408 valence electrons. The van der Waals surface area contributed by atoms with Crippen LogP contribution in [0.3, 0.4) is 0 Å². The van der Waals surface area contributed by atoms with Crippen molar-refractivity contribution in [1.82, 2.24) is 28.9 Å². The van der Waals surface area contributed by atoms with Gasteiger partial charge in [0.05, 0.1) is 22.1 Å². The van der Waals surface area contributed by atoms with Gasteiger partial charge in [-0.05, 0) is 116 Å². The molecule has 0 radical (unpaired) electrons. The van der Waals surface area contributed by atoms with E-state index in [-0.39, 0.29) is 35.6 Å². The zero-order valence-corrected chi connectivity index (χ0v) is 47.1. The van der Waals surface area contributed by atoms with E-state index in [0.717, 1.165) is 150 Å². The number of hydrogen-bond donors (Lipinski definition) is 1. The fourth-order valence-electron chi connectivity index (χ4n) is 11.5. The molecule has 2 aromatic heterocycles. The molecule has 2 aliphatic heterocycles. The molecule has 13 heteroatoms. The van der Waals surface area contributed by atoms with Gasteiger partial charge in [0.15, 0.2) is 0 Å². The van der Waals surface area contributed by atoms with Crippen molar-refractivity contribution >= 4 is 57.1 Å². The summed E-state index contributed by atoms with van der Waals surface area (Å²) in [7, 11) is 3.48. The number of halogens is 2. The lowest BCUT2D eigenvalue weighted by molar-refractivity contribution is -0.133. The van der Waals surface area contributed by atoms with Gasteiger partial charge in [-0.3, -0.25) is 9.59 Å². The summed E-state index contributed by atoms with van der Waals surface area (Å²) in [5.74, 6) is 3.30. The van der Waals surface area contributed by atoms with Gasteiger partial charge in [0.2, 0.25) is 11.8 Å². The summed E-state index contributed by atoms with van der Waals surface area (Å²) in [6.45, 7) is 8.38.